The topological polar surface area (TPSA) is 58.6 Å². The van der Waals surface area contributed by atoms with Crippen molar-refractivity contribution >= 4 is 29.1 Å². The van der Waals surface area contributed by atoms with Crippen LogP contribution in [0.1, 0.15) is 15.9 Å². The molecule has 0 aliphatic carbocycles. The van der Waals surface area contributed by atoms with E-state index in [9.17, 15) is 9.59 Å². The monoisotopic (exact) mass is 358 g/mol. The average molecular weight is 359 g/mol. The predicted molar refractivity (Wildman–Crippen MR) is 97.1 cm³/mol. The Labute approximate surface area is 151 Å². The van der Waals surface area contributed by atoms with Gasteiger partial charge in [-0.2, -0.15) is 0 Å². The fourth-order valence-corrected chi connectivity index (χ4v) is 2.83. The van der Waals surface area contributed by atoms with Crippen LogP contribution in [0.4, 0.5) is 5.69 Å². The fourth-order valence-electron chi connectivity index (χ4n) is 2.70. The summed E-state index contributed by atoms with van der Waals surface area (Å²) in [6.45, 7) is 2.73. The molecule has 1 fully saturated rings. The first-order valence-electron chi connectivity index (χ1n) is 8.05. The van der Waals surface area contributed by atoms with Crippen LogP contribution in [0.15, 0.2) is 48.5 Å². The Bertz CT molecular complexity index is 776. The molecule has 0 aromatic heterocycles. The maximum atomic E-state index is 12.2. The summed E-state index contributed by atoms with van der Waals surface area (Å²) in [4.78, 5) is 26.0. The Hall–Kier alpha value is -2.37. The summed E-state index contributed by atoms with van der Waals surface area (Å²) in [5.41, 5.74) is 2.47. The second-order valence-corrected chi connectivity index (χ2v) is 6.43. The summed E-state index contributed by atoms with van der Waals surface area (Å²) in [5, 5.41) is 3.42. The minimum atomic E-state index is -0.255. The van der Waals surface area contributed by atoms with Crippen LogP contribution in [-0.4, -0.2) is 37.6 Å². The van der Waals surface area contributed by atoms with Crippen LogP contribution >= 0.6 is 11.6 Å². The molecule has 5 nitrogen and oxygen atoms in total. The standard InChI is InChI=1S/C19H19ClN2O3/c1-13-3-2-4-16(9-13)22-11-17(25-12-18(22)23)10-21-19(24)14-5-7-15(20)8-6-14/h2-9,17H,10-12H2,1H3,(H,21,24). The first-order valence-corrected chi connectivity index (χ1v) is 8.43. The number of rotatable bonds is 4. The van der Waals surface area contributed by atoms with Crippen molar-refractivity contribution in [1.82, 2.24) is 5.32 Å². The van der Waals surface area contributed by atoms with Crippen molar-refractivity contribution in [3.8, 4) is 0 Å². The number of hydrogen-bond acceptors (Lipinski definition) is 3. The van der Waals surface area contributed by atoms with E-state index in [1.807, 2.05) is 31.2 Å². The van der Waals surface area contributed by atoms with E-state index in [1.54, 1.807) is 29.2 Å². The van der Waals surface area contributed by atoms with Gasteiger partial charge in [0.25, 0.3) is 11.8 Å². The van der Waals surface area contributed by atoms with E-state index in [4.69, 9.17) is 16.3 Å². The van der Waals surface area contributed by atoms with Crippen molar-refractivity contribution in [3.63, 3.8) is 0 Å². The van der Waals surface area contributed by atoms with Crippen molar-refractivity contribution in [2.45, 2.75) is 13.0 Å². The molecule has 0 radical (unpaired) electrons. The summed E-state index contributed by atoms with van der Waals surface area (Å²) < 4.78 is 5.55. The molecule has 1 atom stereocenters. The lowest BCUT2D eigenvalue weighted by atomic mass is 10.1. The SMILES string of the molecule is Cc1cccc(N2CC(CNC(=O)c3ccc(Cl)cc3)OCC2=O)c1. The predicted octanol–water partition coefficient (Wildman–Crippen LogP) is 2.81. The van der Waals surface area contributed by atoms with Crippen molar-refractivity contribution < 1.29 is 14.3 Å². The molecule has 1 saturated heterocycles. The van der Waals surface area contributed by atoms with Crippen LogP contribution < -0.4 is 10.2 Å². The number of aryl methyl sites for hydroxylation is 1. The van der Waals surface area contributed by atoms with E-state index >= 15 is 0 Å². The van der Waals surface area contributed by atoms with Gasteiger partial charge in [-0.1, -0.05) is 23.7 Å². The quantitative estimate of drug-likeness (QED) is 0.914. The van der Waals surface area contributed by atoms with Gasteiger partial charge in [0.05, 0.1) is 12.6 Å². The van der Waals surface area contributed by atoms with E-state index in [-0.39, 0.29) is 24.5 Å². The number of nitrogens with one attached hydrogen (secondary N) is 1. The largest absolute Gasteiger partial charge is 0.365 e. The number of anilines is 1. The van der Waals surface area contributed by atoms with E-state index < -0.39 is 0 Å². The van der Waals surface area contributed by atoms with Crippen LogP contribution in [-0.2, 0) is 9.53 Å². The zero-order valence-electron chi connectivity index (χ0n) is 13.9. The Balaban J connectivity index is 1.61. The lowest BCUT2D eigenvalue weighted by Crippen LogP contribution is -2.50. The molecule has 0 bridgehead atoms. The average Bonchev–Trinajstić information content (AvgIpc) is 2.61. The molecule has 0 saturated carbocycles. The van der Waals surface area contributed by atoms with E-state index in [1.165, 1.54) is 0 Å². The Morgan fingerprint density at radius 2 is 2.04 bits per heavy atom. The highest BCUT2D eigenvalue weighted by Gasteiger charge is 2.27. The van der Waals surface area contributed by atoms with Crippen molar-refractivity contribution in [2.75, 3.05) is 24.6 Å². The van der Waals surface area contributed by atoms with Gasteiger partial charge in [-0.15, -0.1) is 0 Å². The zero-order valence-corrected chi connectivity index (χ0v) is 14.6. The van der Waals surface area contributed by atoms with Crippen LogP contribution in [0.25, 0.3) is 0 Å². The second-order valence-electron chi connectivity index (χ2n) is 5.99. The molecule has 2 aromatic carbocycles. The molecule has 1 aliphatic heterocycles. The minimum Gasteiger partial charge on any atom is -0.365 e. The number of ether oxygens (including phenoxy) is 1. The number of carbonyl (C=O) groups is 2. The normalized spacial score (nSPS) is 17.4. The van der Waals surface area contributed by atoms with Gasteiger partial charge in [0.15, 0.2) is 0 Å². The lowest BCUT2D eigenvalue weighted by molar-refractivity contribution is -0.129. The van der Waals surface area contributed by atoms with Crippen LogP contribution in [0.3, 0.4) is 0 Å². The third-order valence-corrected chi connectivity index (χ3v) is 4.29. The Morgan fingerprint density at radius 1 is 1.28 bits per heavy atom. The van der Waals surface area contributed by atoms with Crippen LogP contribution in [0, 0.1) is 6.92 Å². The van der Waals surface area contributed by atoms with Crippen molar-refractivity contribution in [1.29, 1.82) is 0 Å². The van der Waals surface area contributed by atoms with Crippen LogP contribution in [0.2, 0.25) is 5.02 Å². The summed E-state index contributed by atoms with van der Waals surface area (Å²) in [7, 11) is 0. The number of benzene rings is 2. The lowest BCUT2D eigenvalue weighted by Gasteiger charge is -2.33. The zero-order chi connectivity index (χ0) is 17.8. The maximum Gasteiger partial charge on any atom is 0.253 e. The number of carbonyl (C=O) groups excluding carboxylic acids is 2. The summed E-state index contributed by atoms with van der Waals surface area (Å²) in [6, 6.07) is 14.5. The number of morpholine rings is 1. The number of hydrogen-bond donors (Lipinski definition) is 1. The fraction of sp³-hybridized carbons (Fsp3) is 0.263. The molecular formula is C19H19ClN2O3. The summed E-state index contributed by atoms with van der Waals surface area (Å²) in [5.74, 6) is -0.273. The van der Waals surface area contributed by atoms with E-state index in [0.717, 1.165) is 11.3 Å². The van der Waals surface area contributed by atoms with E-state index in [2.05, 4.69) is 5.32 Å². The van der Waals surface area contributed by atoms with Gasteiger partial charge in [0, 0.05) is 22.8 Å². The molecule has 1 N–H and O–H groups in total. The minimum absolute atomic E-state index is 0.00935. The third kappa shape index (κ3) is 4.38. The molecule has 130 valence electrons. The van der Waals surface area contributed by atoms with Gasteiger partial charge in [0.2, 0.25) is 0 Å². The van der Waals surface area contributed by atoms with Gasteiger partial charge in [0.1, 0.15) is 6.61 Å². The summed E-state index contributed by atoms with van der Waals surface area (Å²) >= 11 is 5.83. The molecule has 2 aromatic rings. The molecular weight excluding hydrogens is 340 g/mol. The smallest absolute Gasteiger partial charge is 0.253 e. The van der Waals surface area contributed by atoms with Crippen LogP contribution in [0.5, 0.6) is 0 Å². The van der Waals surface area contributed by atoms with Crippen molar-refractivity contribution in [2.24, 2.45) is 0 Å². The van der Waals surface area contributed by atoms with Gasteiger partial charge in [-0.3, -0.25) is 9.59 Å². The maximum absolute atomic E-state index is 12.2. The highest BCUT2D eigenvalue weighted by atomic mass is 35.5. The first kappa shape index (κ1) is 17.5. The third-order valence-electron chi connectivity index (χ3n) is 4.04. The number of nitrogens with zero attached hydrogens (tertiary/aromatic N) is 1. The Morgan fingerprint density at radius 3 is 2.76 bits per heavy atom. The number of halogens is 1. The summed E-state index contributed by atoms with van der Waals surface area (Å²) in [6.07, 6.45) is -0.255. The molecule has 25 heavy (non-hydrogen) atoms. The molecule has 0 spiro atoms. The highest BCUT2D eigenvalue weighted by molar-refractivity contribution is 6.30. The van der Waals surface area contributed by atoms with Gasteiger partial charge >= 0.3 is 0 Å². The highest BCUT2D eigenvalue weighted by Crippen LogP contribution is 2.19. The molecule has 2 amide bonds. The molecule has 1 heterocycles. The molecule has 1 unspecified atom stereocenters. The Kier molecular flexibility index (Phi) is 5.36. The van der Waals surface area contributed by atoms with Crippen molar-refractivity contribution in [3.05, 3.63) is 64.7 Å². The molecule has 3 rings (SSSR count). The first-order chi connectivity index (χ1) is 12.0. The number of amides is 2. The molecule has 6 heteroatoms. The molecule has 1 aliphatic rings. The van der Waals surface area contributed by atoms with E-state index in [0.29, 0.717) is 23.7 Å². The second kappa shape index (κ2) is 7.68. The van der Waals surface area contributed by atoms with Gasteiger partial charge in [-0.25, -0.2) is 0 Å². The van der Waals surface area contributed by atoms with Gasteiger partial charge in [-0.05, 0) is 48.9 Å². The van der Waals surface area contributed by atoms with Gasteiger partial charge < -0.3 is 15.0 Å².